The zero-order valence-corrected chi connectivity index (χ0v) is 13.9. The van der Waals surface area contributed by atoms with Crippen LogP contribution in [0.25, 0.3) is 11.7 Å². The first kappa shape index (κ1) is 15.0. The van der Waals surface area contributed by atoms with E-state index in [0.29, 0.717) is 10.8 Å². The molecule has 2 aromatic heterocycles. The zero-order valence-electron chi connectivity index (χ0n) is 13.2. The first-order valence-electron chi connectivity index (χ1n) is 7.87. The van der Waals surface area contributed by atoms with Gasteiger partial charge in [0.15, 0.2) is 5.15 Å². The lowest BCUT2D eigenvalue weighted by Crippen LogP contribution is -2.34. The van der Waals surface area contributed by atoms with E-state index in [9.17, 15) is 4.79 Å². The predicted octanol–water partition coefficient (Wildman–Crippen LogP) is 3.98. The molecule has 0 saturated carbocycles. The van der Waals surface area contributed by atoms with Crippen LogP contribution >= 0.6 is 11.6 Å². The lowest BCUT2D eigenvalue weighted by molar-refractivity contribution is -0.114. The van der Waals surface area contributed by atoms with Crippen LogP contribution in [-0.4, -0.2) is 21.3 Å². The SMILES string of the molecule is CC1Cc2ccccc2N1C(=O)/C=C/c1c(Cl)nc2ccccn12. The number of pyridine rings is 1. The summed E-state index contributed by atoms with van der Waals surface area (Å²) in [6.07, 6.45) is 6.07. The first-order chi connectivity index (χ1) is 11.6. The molecule has 1 unspecified atom stereocenters. The Balaban J connectivity index is 1.67. The minimum atomic E-state index is -0.0469. The van der Waals surface area contributed by atoms with Crippen molar-refractivity contribution >= 4 is 34.9 Å². The summed E-state index contributed by atoms with van der Waals surface area (Å²) in [6.45, 7) is 2.06. The van der Waals surface area contributed by atoms with Crippen molar-refractivity contribution in [2.24, 2.45) is 0 Å². The van der Waals surface area contributed by atoms with E-state index in [4.69, 9.17) is 11.6 Å². The molecule has 4 nitrogen and oxygen atoms in total. The summed E-state index contributed by atoms with van der Waals surface area (Å²) < 4.78 is 1.87. The van der Waals surface area contributed by atoms with E-state index < -0.39 is 0 Å². The van der Waals surface area contributed by atoms with Crippen LogP contribution in [0.5, 0.6) is 0 Å². The van der Waals surface area contributed by atoms with Gasteiger partial charge in [-0.3, -0.25) is 9.20 Å². The van der Waals surface area contributed by atoms with Crippen molar-refractivity contribution in [2.75, 3.05) is 4.90 Å². The molecule has 0 N–H and O–H groups in total. The molecule has 3 aromatic rings. The fourth-order valence-corrected chi connectivity index (χ4v) is 3.51. The van der Waals surface area contributed by atoms with Crippen molar-refractivity contribution < 1.29 is 4.79 Å². The summed E-state index contributed by atoms with van der Waals surface area (Å²) in [5, 5.41) is 0.389. The third-order valence-corrected chi connectivity index (χ3v) is 4.63. The van der Waals surface area contributed by atoms with Gasteiger partial charge in [-0.1, -0.05) is 35.9 Å². The number of para-hydroxylation sites is 1. The lowest BCUT2D eigenvalue weighted by Gasteiger charge is -2.20. The molecule has 120 valence electrons. The van der Waals surface area contributed by atoms with Gasteiger partial charge in [0.05, 0.1) is 5.69 Å². The third-order valence-electron chi connectivity index (χ3n) is 4.35. The number of nitrogens with zero attached hydrogens (tertiary/aromatic N) is 3. The monoisotopic (exact) mass is 337 g/mol. The number of hydrogen-bond donors (Lipinski definition) is 0. The zero-order chi connectivity index (χ0) is 16.7. The largest absolute Gasteiger partial charge is 0.305 e. The van der Waals surface area contributed by atoms with Gasteiger partial charge in [0, 0.05) is 24.0 Å². The van der Waals surface area contributed by atoms with Gasteiger partial charge >= 0.3 is 0 Å². The van der Waals surface area contributed by atoms with Crippen LogP contribution in [0.3, 0.4) is 0 Å². The summed E-state index contributed by atoms with van der Waals surface area (Å²) in [6, 6.07) is 13.9. The first-order valence-corrected chi connectivity index (χ1v) is 8.24. The van der Waals surface area contributed by atoms with Crippen molar-refractivity contribution in [1.29, 1.82) is 0 Å². The van der Waals surface area contributed by atoms with E-state index in [1.807, 2.05) is 51.9 Å². The van der Waals surface area contributed by atoms with E-state index in [1.165, 1.54) is 5.56 Å². The van der Waals surface area contributed by atoms with Gasteiger partial charge in [-0.15, -0.1) is 0 Å². The highest BCUT2D eigenvalue weighted by molar-refractivity contribution is 6.31. The molecule has 1 amide bonds. The molecule has 0 fully saturated rings. The second kappa shape index (κ2) is 5.80. The van der Waals surface area contributed by atoms with Gasteiger partial charge < -0.3 is 4.90 Å². The molecule has 24 heavy (non-hydrogen) atoms. The number of rotatable bonds is 2. The molecule has 0 aliphatic carbocycles. The summed E-state index contributed by atoms with van der Waals surface area (Å²) in [4.78, 5) is 18.9. The van der Waals surface area contributed by atoms with Crippen LogP contribution in [-0.2, 0) is 11.2 Å². The van der Waals surface area contributed by atoms with Gasteiger partial charge in [-0.25, -0.2) is 4.98 Å². The number of halogens is 1. The molecule has 1 aliphatic heterocycles. The molecule has 3 heterocycles. The number of fused-ring (bicyclic) bond motifs is 2. The number of carbonyl (C=O) groups is 1. The second-order valence-corrected chi connectivity index (χ2v) is 6.30. The molecule has 0 spiro atoms. The van der Waals surface area contributed by atoms with Crippen LogP contribution in [0.4, 0.5) is 5.69 Å². The minimum Gasteiger partial charge on any atom is -0.305 e. The number of aromatic nitrogens is 2. The number of hydrogen-bond acceptors (Lipinski definition) is 2. The van der Waals surface area contributed by atoms with E-state index in [1.54, 1.807) is 12.2 Å². The Morgan fingerprint density at radius 1 is 1.25 bits per heavy atom. The van der Waals surface area contributed by atoms with Crippen LogP contribution in [0.1, 0.15) is 18.2 Å². The maximum Gasteiger partial charge on any atom is 0.251 e. The number of carbonyl (C=O) groups excluding carboxylic acids is 1. The molecule has 1 aliphatic rings. The van der Waals surface area contributed by atoms with Crippen LogP contribution in [0.15, 0.2) is 54.7 Å². The van der Waals surface area contributed by atoms with Crippen LogP contribution < -0.4 is 4.90 Å². The topological polar surface area (TPSA) is 37.6 Å². The van der Waals surface area contributed by atoms with Crippen molar-refractivity contribution in [3.8, 4) is 0 Å². The Labute approximate surface area is 145 Å². The predicted molar refractivity (Wildman–Crippen MR) is 96.3 cm³/mol. The average molecular weight is 338 g/mol. The fraction of sp³-hybridized carbons (Fsp3) is 0.158. The van der Waals surface area contributed by atoms with Crippen molar-refractivity contribution in [2.45, 2.75) is 19.4 Å². The van der Waals surface area contributed by atoms with Gasteiger partial charge in [-0.2, -0.15) is 0 Å². The molecule has 0 radical (unpaired) electrons. The van der Waals surface area contributed by atoms with E-state index >= 15 is 0 Å². The molecular formula is C19H16ClN3O. The summed E-state index contributed by atoms with van der Waals surface area (Å²) >= 11 is 6.21. The Morgan fingerprint density at radius 3 is 2.92 bits per heavy atom. The maximum atomic E-state index is 12.7. The molecule has 5 heteroatoms. The fourth-order valence-electron chi connectivity index (χ4n) is 3.27. The van der Waals surface area contributed by atoms with Crippen molar-refractivity contribution in [3.05, 3.63) is 71.1 Å². The Morgan fingerprint density at radius 2 is 2.04 bits per heavy atom. The summed E-state index contributed by atoms with van der Waals surface area (Å²) in [5.74, 6) is -0.0469. The van der Waals surface area contributed by atoms with E-state index in [2.05, 4.69) is 18.0 Å². The molecule has 4 rings (SSSR count). The average Bonchev–Trinajstić information content (AvgIpc) is 3.08. The van der Waals surface area contributed by atoms with Gasteiger partial charge in [-0.05, 0) is 43.2 Å². The maximum absolute atomic E-state index is 12.7. The highest BCUT2D eigenvalue weighted by atomic mass is 35.5. The van der Waals surface area contributed by atoms with Crippen molar-refractivity contribution in [3.63, 3.8) is 0 Å². The highest BCUT2D eigenvalue weighted by Gasteiger charge is 2.29. The van der Waals surface area contributed by atoms with Gasteiger partial charge in [0.1, 0.15) is 5.65 Å². The molecule has 1 aromatic carbocycles. The van der Waals surface area contributed by atoms with Gasteiger partial charge in [0.2, 0.25) is 0 Å². The highest BCUT2D eigenvalue weighted by Crippen LogP contribution is 2.32. The van der Waals surface area contributed by atoms with Crippen LogP contribution in [0, 0.1) is 0 Å². The normalized spacial score (nSPS) is 16.9. The van der Waals surface area contributed by atoms with Gasteiger partial charge in [0.25, 0.3) is 5.91 Å². The molecule has 1 atom stereocenters. The second-order valence-electron chi connectivity index (χ2n) is 5.94. The number of amides is 1. The Bertz CT molecular complexity index is 960. The summed E-state index contributed by atoms with van der Waals surface area (Å²) in [7, 11) is 0. The number of benzene rings is 1. The number of anilines is 1. The summed E-state index contributed by atoms with van der Waals surface area (Å²) in [5.41, 5.74) is 3.67. The van der Waals surface area contributed by atoms with E-state index in [-0.39, 0.29) is 11.9 Å². The standard InChI is InChI=1S/C19H16ClN3O/c1-13-12-14-6-2-3-7-15(14)23(13)18(24)10-9-16-19(20)21-17-8-4-5-11-22(16)17/h2-11,13H,12H2,1H3/b10-9+. The molecular weight excluding hydrogens is 322 g/mol. The Hall–Kier alpha value is -2.59. The van der Waals surface area contributed by atoms with E-state index in [0.717, 1.165) is 17.8 Å². The molecule has 0 bridgehead atoms. The third kappa shape index (κ3) is 2.39. The quantitative estimate of drug-likeness (QED) is 0.663. The molecule has 0 saturated heterocycles. The Kier molecular flexibility index (Phi) is 3.62. The van der Waals surface area contributed by atoms with Crippen LogP contribution in [0.2, 0.25) is 5.15 Å². The van der Waals surface area contributed by atoms with Crippen molar-refractivity contribution in [1.82, 2.24) is 9.38 Å². The minimum absolute atomic E-state index is 0.0469. The lowest BCUT2D eigenvalue weighted by atomic mass is 10.1. The smallest absolute Gasteiger partial charge is 0.251 e. The number of imidazole rings is 1.